The van der Waals surface area contributed by atoms with Gasteiger partial charge in [0.1, 0.15) is 18.1 Å². The van der Waals surface area contributed by atoms with Crippen molar-refractivity contribution in [1.82, 2.24) is 25.1 Å². The molecule has 8 nitrogen and oxygen atoms in total. The van der Waals surface area contributed by atoms with Crippen molar-refractivity contribution >= 4 is 5.69 Å². The quantitative estimate of drug-likeness (QED) is 0.579. The maximum Gasteiger partial charge on any atom is 0.168 e. The van der Waals surface area contributed by atoms with Crippen LogP contribution >= 0.6 is 0 Å². The first-order chi connectivity index (χ1) is 14.3. The Kier molecular flexibility index (Phi) is 6.09. The van der Waals surface area contributed by atoms with Crippen LogP contribution in [0.4, 0.5) is 5.69 Å². The SMILES string of the molecule is CCC[C@@H](c1nnnn1Cc1ccco1)N1CCN(c2ccc(OC)cc2)CC1. The number of methoxy groups -OCH3 is 1. The number of piperazine rings is 1. The molecule has 0 aliphatic carbocycles. The van der Waals surface area contributed by atoms with Crippen molar-refractivity contribution in [1.29, 1.82) is 0 Å². The average Bonchev–Trinajstić information content (AvgIpc) is 3.45. The van der Waals surface area contributed by atoms with E-state index in [4.69, 9.17) is 9.15 Å². The molecule has 0 saturated carbocycles. The number of aromatic nitrogens is 4. The van der Waals surface area contributed by atoms with E-state index < -0.39 is 0 Å². The van der Waals surface area contributed by atoms with Gasteiger partial charge in [-0.15, -0.1) is 5.10 Å². The van der Waals surface area contributed by atoms with Crippen LogP contribution < -0.4 is 9.64 Å². The normalized spacial score (nSPS) is 16.1. The first-order valence-electron chi connectivity index (χ1n) is 10.2. The van der Waals surface area contributed by atoms with Gasteiger partial charge < -0.3 is 14.1 Å². The van der Waals surface area contributed by atoms with E-state index in [0.717, 1.165) is 56.4 Å². The first-order valence-corrected chi connectivity index (χ1v) is 10.2. The third kappa shape index (κ3) is 4.42. The van der Waals surface area contributed by atoms with Gasteiger partial charge in [-0.1, -0.05) is 13.3 Å². The molecule has 0 amide bonds. The van der Waals surface area contributed by atoms with Gasteiger partial charge in [0.25, 0.3) is 0 Å². The van der Waals surface area contributed by atoms with Crippen LogP contribution in [0.5, 0.6) is 5.75 Å². The highest BCUT2D eigenvalue weighted by molar-refractivity contribution is 5.49. The van der Waals surface area contributed by atoms with Crippen LogP contribution in [0.2, 0.25) is 0 Å². The van der Waals surface area contributed by atoms with Gasteiger partial charge >= 0.3 is 0 Å². The Morgan fingerprint density at radius 3 is 2.55 bits per heavy atom. The predicted octanol–water partition coefficient (Wildman–Crippen LogP) is 2.99. The Morgan fingerprint density at radius 1 is 1.10 bits per heavy atom. The summed E-state index contributed by atoms with van der Waals surface area (Å²) in [5.41, 5.74) is 1.24. The number of hydrogen-bond donors (Lipinski definition) is 0. The smallest absolute Gasteiger partial charge is 0.168 e. The van der Waals surface area contributed by atoms with E-state index in [1.807, 2.05) is 28.9 Å². The van der Waals surface area contributed by atoms with Crippen LogP contribution in [0, 0.1) is 0 Å². The van der Waals surface area contributed by atoms with Crippen LogP contribution in [0.1, 0.15) is 37.4 Å². The van der Waals surface area contributed by atoms with Crippen LogP contribution in [-0.4, -0.2) is 58.4 Å². The van der Waals surface area contributed by atoms with Crippen LogP contribution in [-0.2, 0) is 6.54 Å². The van der Waals surface area contributed by atoms with Crippen molar-refractivity contribution in [3.05, 3.63) is 54.2 Å². The summed E-state index contributed by atoms with van der Waals surface area (Å²) in [6.07, 6.45) is 3.79. The maximum absolute atomic E-state index is 5.48. The molecule has 154 valence electrons. The molecule has 1 aliphatic heterocycles. The zero-order valence-corrected chi connectivity index (χ0v) is 17.1. The third-order valence-electron chi connectivity index (χ3n) is 5.50. The highest BCUT2D eigenvalue weighted by Gasteiger charge is 2.28. The number of hydrogen-bond acceptors (Lipinski definition) is 7. The number of benzene rings is 1. The van der Waals surface area contributed by atoms with Crippen LogP contribution in [0.3, 0.4) is 0 Å². The standard InChI is InChI=1S/C21H28N6O2/c1-3-5-20(21-22-23-24-27(21)16-19-6-4-15-29-19)26-13-11-25(12-14-26)17-7-9-18(28-2)10-8-17/h4,6-10,15,20H,3,5,11-14,16H2,1-2H3/t20-/m0/s1. The van der Waals surface area contributed by atoms with Crippen LogP contribution in [0.15, 0.2) is 47.1 Å². The molecule has 1 saturated heterocycles. The minimum atomic E-state index is 0.211. The van der Waals surface area contributed by atoms with Gasteiger partial charge in [0.15, 0.2) is 5.82 Å². The number of rotatable bonds is 8. The molecule has 0 radical (unpaired) electrons. The maximum atomic E-state index is 5.48. The van der Waals surface area contributed by atoms with Gasteiger partial charge in [0, 0.05) is 31.9 Å². The number of furan rings is 1. The molecular formula is C21H28N6O2. The molecule has 1 aromatic carbocycles. The van der Waals surface area contributed by atoms with Crippen molar-refractivity contribution in [3.8, 4) is 5.75 Å². The van der Waals surface area contributed by atoms with E-state index in [2.05, 4.69) is 44.4 Å². The van der Waals surface area contributed by atoms with Crippen LogP contribution in [0.25, 0.3) is 0 Å². The summed E-state index contributed by atoms with van der Waals surface area (Å²) in [4.78, 5) is 4.93. The summed E-state index contributed by atoms with van der Waals surface area (Å²) in [6.45, 7) is 6.68. The molecule has 29 heavy (non-hydrogen) atoms. The molecule has 3 aromatic rings. The fraction of sp³-hybridized carbons (Fsp3) is 0.476. The first kappa shape index (κ1) is 19.4. The van der Waals surface area contributed by atoms with E-state index in [1.165, 1.54) is 5.69 Å². The van der Waals surface area contributed by atoms with E-state index in [9.17, 15) is 0 Å². The molecule has 2 aromatic heterocycles. The summed E-state index contributed by atoms with van der Waals surface area (Å²) >= 11 is 0. The fourth-order valence-corrected chi connectivity index (χ4v) is 3.95. The summed E-state index contributed by atoms with van der Waals surface area (Å²) in [5.74, 6) is 2.66. The van der Waals surface area contributed by atoms with Crippen molar-refractivity contribution < 1.29 is 9.15 Å². The van der Waals surface area contributed by atoms with Gasteiger partial charge in [-0.25, -0.2) is 4.68 Å². The van der Waals surface area contributed by atoms with Gasteiger partial charge in [-0.05, 0) is 53.2 Å². The summed E-state index contributed by atoms with van der Waals surface area (Å²) in [6, 6.07) is 12.3. The lowest BCUT2D eigenvalue weighted by Crippen LogP contribution is -2.48. The lowest BCUT2D eigenvalue weighted by molar-refractivity contribution is 0.164. The lowest BCUT2D eigenvalue weighted by atomic mass is 10.1. The number of tetrazole rings is 1. The molecule has 0 spiro atoms. The molecule has 4 rings (SSSR count). The number of anilines is 1. The minimum Gasteiger partial charge on any atom is -0.497 e. The van der Waals surface area contributed by atoms with E-state index in [0.29, 0.717) is 6.54 Å². The molecule has 0 N–H and O–H groups in total. The highest BCUT2D eigenvalue weighted by Crippen LogP contribution is 2.27. The fourth-order valence-electron chi connectivity index (χ4n) is 3.95. The molecule has 0 bridgehead atoms. The second kappa shape index (κ2) is 9.09. The summed E-state index contributed by atoms with van der Waals surface area (Å²) in [7, 11) is 1.70. The predicted molar refractivity (Wildman–Crippen MR) is 110 cm³/mol. The van der Waals surface area contributed by atoms with Gasteiger partial charge in [0.05, 0.1) is 19.4 Å². The van der Waals surface area contributed by atoms with Crippen molar-refractivity contribution in [2.75, 3.05) is 38.2 Å². The van der Waals surface area contributed by atoms with Crippen molar-refractivity contribution in [2.24, 2.45) is 0 Å². The largest absolute Gasteiger partial charge is 0.497 e. The minimum absolute atomic E-state index is 0.211. The molecule has 3 heterocycles. The highest BCUT2D eigenvalue weighted by atomic mass is 16.5. The number of nitrogens with zero attached hydrogens (tertiary/aromatic N) is 6. The monoisotopic (exact) mass is 396 g/mol. The average molecular weight is 396 g/mol. The molecule has 8 heteroatoms. The Morgan fingerprint density at radius 2 is 1.90 bits per heavy atom. The van der Waals surface area contributed by atoms with E-state index in [1.54, 1.807) is 13.4 Å². The zero-order valence-electron chi connectivity index (χ0n) is 17.1. The van der Waals surface area contributed by atoms with Gasteiger partial charge in [0.2, 0.25) is 0 Å². The molecule has 1 fully saturated rings. The zero-order chi connectivity index (χ0) is 20.1. The Hall–Kier alpha value is -2.87. The lowest BCUT2D eigenvalue weighted by Gasteiger charge is -2.39. The Labute approximate surface area is 171 Å². The number of ether oxygens (including phenoxy) is 1. The van der Waals surface area contributed by atoms with Crippen molar-refractivity contribution in [3.63, 3.8) is 0 Å². The molecule has 1 aliphatic rings. The third-order valence-corrected chi connectivity index (χ3v) is 5.50. The van der Waals surface area contributed by atoms with E-state index >= 15 is 0 Å². The van der Waals surface area contributed by atoms with Gasteiger partial charge in [-0.2, -0.15) is 0 Å². The molecule has 1 atom stereocenters. The second-order valence-electron chi connectivity index (χ2n) is 7.30. The van der Waals surface area contributed by atoms with Gasteiger partial charge in [-0.3, -0.25) is 4.90 Å². The Bertz CT molecular complexity index is 869. The second-order valence-corrected chi connectivity index (χ2v) is 7.30. The topological polar surface area (TPSA) is 72.5 Å². The molecular weight excluding hydrogens is 368 g/mol. The summed E-state index contributed by atoms with van der Waals surface area (Å²) < 4.78 is 12.6. The van der Waals surface area contributed by atoms with E-state index in [-0.39, 0.29) is 6.04 Å². The Balaban J connectivity index is 1.44. The molecule has 0 unspecified atom stereocenters. The summed E-state index contributed by atoms with van der Waals surface area (Å²) in [5, 5.41) is 12.5. The van der Waals surface area contributed by atoms with Crippen molar-refractivity contribution in [2.45, 2.75) is 32.4 Å².